The average molecular weight is 998 g/mol. The van der Waals surface area contributed by atoms with Crippen molar-refractivity contribution in [1.29, 1.82) is 0 Å². The molecule has 3 aromatic carbocycles. The third-order valence-corrected chi connectivity index (χ3v) is 15.0. The molecular weight excluding hydrogens is 931 g/mol. The zero-order valence-electron chi connectivity index (χ0n) is 41.8. The minimum absolute atomic E-state index is 0.0254. The van der Waals surface area contributed by atoms with Crippen LogP contribution in [0.2, 0.25) is 0 Å². The molecule has 1 aromatic heterocycles. The number of nitrogens with two attached hydrogens (primary N) is 2. The van der Waals surface area contributed by atoms with E-state index in [-0.39, 0.29) is 60.8 Å². The molecule has 1 aliphatic carbocycles. The Morgan fingerprint density at radius 3 is 2.36 bits per heavy atom. The fraction of sp³-hybridized carbons (Fsp3) is 0.519. The Balaban J connectivity index is 1.31. The summed E-state index contributed by atoms with van der Waals surface area (Å²) in [5.74, 6) is -4.76. The fourth-order valence-corrected chi connectivity index (χ4v) is 10.7. The van der Waals surface area contributed by atoms with Crippen molar-refractivity contribution in [3.63, 3.8) is 0 Å². The number of methoxy groups -OCH3 is 1. The molecular formula is C52H67N7O13. The lowest BCUT2D eigenvalue weighted by Crippen LogP contribution is -2.60. The van der Waals surface area contributed by atoms with Gasteiger partial charge in [0, 0.05) is 99.9 Å². The van der Waals surface area contributed by atoms with Crippen LogP contribution in [0.4, 0.5) is 11.4 Å². The van der Waals surface area contributed by atoms with Crippen LogP contribution in [0.5, 0.6) is 11.5 Å². The number of benzene rings is 3. The van der Waals surface area contributed by atoms with Crippen LogP contribution in [-0.4, -0.2) is 124 Å². The summed E-state index contributed by atoms with van der Waals surface area (Å²) in [6, 6.07) is 0.522. The normalized spacial score (nSPS) is 29.5. The van der Waals surface area contributed by atoms with Gasteiger partial charge in [-0.05, 0) is 38.7 Å². The molecule has 72 heavy (non-hydrogen) atoms. The first-order valence-electron chi connectivity index (χ1n) is 24.6. The number of allylic oxidation sites excluding steroid dienone is 2. The van der Waals surface area contributed by atoms with Gasteiger partial charge in [-0.1, -0.05) is 51.3 Å². The number of aromatic nitrogens is 1. The Kier molecular flexibility index (Phi) is 15.3. The third-order valence-electron chi connectivity index (χ3n) is 15.0. The molecule has 0 radical (unpaired) electrons. The van der Waals surface area contributed by atoms with Gasteiger partial charge in [0.05, 0.1) is 47.3 Å². The van der Waals surface area contributed by atoms with E-state index in [0.29, 0.717) is 24.7 Å². The van der Waals surface area contributed by atoms with Crippen LogP contribution in [0.3, 0.4) is 0 Å². The standard InChI is InChI=1S/C52H67N7O13/c1-25-12-11-13-26(2)51(66)56-42-45(64)36-35(41-49(42)71-34-23-31(22-32(61)40(34)55-41)59-19-17-58(18-20-59)24-30-14-9-8-10-15-30)37-47(28(4)44(36)63)72-52(6,50(37)57-67)69-21-16-33(68-7)27(3)48(70-29(5)60)39(54)46(65)38(53)43(25)62/h11-13,16,21-23,25,27,30,33,38-39,43,46,48,57,62-63,65,67H,8-10,14-15,17-20,24,53-54H2,1-7H3,(H,56,66)/b12-11+,21-16?,26-13-/t25-,27+,33-,38+,39+,43-,46+,48+,52-/m0/s1. The van der Waals surface area contributed by atoms with Gasteiger partial charge < -0.3 is 60.4 Å². The van der Waals surface area contributed by atoms with Gasteiger partial charge in [-0.2, -0.15) is 0 Å². The van der Waals surface area contributed by atoms with Crippen LogP contribution in [0.1, 0.15) is 72.3 Å². The molecule has 4 aromatic rings. The van der Waals surface area contributed by atoms with E-state index in [4.69, 9.17) is 39.8 Å². The number of hydroxylamine groups is 1. The molecule has 2 fully saturated rings. The molecule has 8 rings (SSSR count). The quantitative estimate of drug-likeness (QED) is 0.0596. The van der Waals surface area contributed by atoms with Gasteiger partial charge in [-0.3, -0.25) is 34.8 Å². The monoisotopic (exact) mass is 997 g/mol. The number of esters is 1. The molecule has 0 unspecified atom stereocenters. The molecule has 4 heterocycles. The van der Waals surface area contributed by atoms with Gasteiger partial charge in [-0.25, -0.2) is 4.98 Å². The summed E-state index contributed by atoms with van der Waals surface area (Å²) in [6.07, 6.45) is 8.38. The van der Waals surface area contributed by atoms with Crippen LogP contribution >= 0.6 is 0 Å². The van der Waals surface area contributed by atoms with E-state index in [1.165, 1.54) is 97.5 Å². The molecule has 20 heteroatoms. The zero-order chi connectivity index (χ0) is 51.9. The molecule has 9 atom stereocenters. The number of aromatic hydroxyl groups is 1. The summed E-state index contributed by atoms with van der Waals surface area (Å²) >= 11 is 0. The lowest BCUT2D eigenvalue weighted by Gasteiger charge is -2.38. The minimum atomic E-state index is -1.93. The summed E-state index contributed by atoms with van der Waals surface area (Å²) in [5.41, 5.74) is 13.5. The number of phenols is 1. The predicted molar refractivity (Wildman–Crippen MR) is 270 cm³/mol. The Labute approximate surface area is 415 Å². The topological polar surface area (TPSA) is 295 Å². The predicted octanol–water partition coefficient (Wildman–Crippen LogP) is 3.07. The number of aliphatic hydroxyl groups is 2. The van der Waals surface area contributed by atoms with Gasteiger partial charge in [-0.15, -0.1) is 0 Å². The highest BCUT2D eigenvalue weighted by atomic mass is 16.7. The number of amides is 1. The maximum absolute atomic E-state index is 15.0. The third kappa shape index (κ3) is 9.88. The number of nitrogens with zero attached hydrogens (tertiary/aromatic N) is 3. The van der Waals surface area contributed by atoms with Crippen molar-refractivity contribution >= 4 is 61.9 Å². The van der Waals surface area contributed by atoms with Crippen molar-refractivity contribution < 1.29 is 53.5 Å². The molecule has 1 amide bonds. The number of phenolic OH excluding ortho intramolecular Hbond substituents is 1. The second-order valence-electron chi connectivity index (χ2n) is 19.9. The van der Waals surface area contributed by atoms with Crippen molar-refractivity contribution in [2.45, 2.75) is 116 Å². The largest absolute Gasteiger partial charge is 0.507 e. The van der Waals surface area contributed by atoms with Crippen LogP contribution in [-0.2, 0) is 23.8 Å². The first-order chi connectivity index (χ1) is 34.3. The van der Waals surface area contributed by atoms with Crippen molar-refractivity contribution in [1.82, 2.24) is 15.4 Å². The number of carbonyl (C=O) groups is 2. The summed E-state index contributed by atoms with van der Waals surface area (Å²) < 4.78 is 30.6. The van der Waals surface area contributed by atoms with Crippen LogP contribution in [0.25, 0.3) is 38.7 Å². The highest BCUT2D eigenvalue weighted by molar-refractivity contribution is 6.17. The van der Waals surface area contributed by atoms with Gasteiger partial charge >= 0.3 is 5.97 Å². The maximum Gasteiger partial charge on any atom is 0.302 e. The van der Waals surface area contributed by atoms with Crippen molar-refractivity contribution in [2.75, 3.05) is 50.1 Å². The van der Waals surface area contributed by atoms with Crippen LogP contribution < -0.4 is 48.0 Å². The smallest absolute Gasteiger partial charge is 0.302 e. The van der Waals surface area contributed by atoms with E-state index in [2.05, 4.69) is 20.6 Å². The SMILES string of the molecule is CO[C@H]1C=CO[C@@]2(C)Oc3c(C)c(O)c4c(=O)c(c5oc6cc(N7CCN(CC8CCCCC8)CC7)cc(=O)c6nc5c4c3=C2NO)NC(=O)/C(C)=C\C=C\[C@H](C)[C@H](O)[C@@H](N)[C@@H](O)[C@@H](N)[C@H](OC(C)=O)[C@@H]1C. The Morgan fingerprint density at radius 1 is 0.986 bits per heavy atom. The number of rotatable bonds is 6. The summed E-state index contributed by atoms with van der Waals surface area (Å²) in [5, 5.41) is 48.0. The fourth-order valence-electron chi connectivity index (χ4n) is 10.7. The van der Waals surface area contributed by atoms with E-state index in [9.17, 15) is 34.9 Å². The summed E-state index contributed by atoms with van der Waals surface area (Å²) in [7, 11) is 1.39. The molecule has 4 aliphatic rings. The first-order valence-corrected chi connectivity index (χ1v) is 24.6. The van der Waals surface area contributed by atoms with Crippen LogP contribution in [0.15, 0.2) is 62.3 Å². The van der Waals surface area contributed by atoms with E-state index < -0.39 is 88.3 Å². The van der Waals surface area contributed by atoms with Crippen LogP contribution in [0, 0.1) is 24.7 Å². The number of ether oxygens (including phenoxy) is 4. The molecule has 3 aliphatic heterocycles. The summed E-state index contributed by atoms with van der Waals surface area (Å²) in [4.78, 5) is 65.2. The summed E-state index contributed by atoms with van der Waals surface area (Å²) in [6.45, 7) is 12.9. The number of fused-ring (bicyclic) bond motifs is 2. The van der Waals surface area contributed by atoms with Crippen molar-refractivity contribution in [2.24, 2.45) is 29.2 Å². The maximum atomic E-state index is 15.0. The van der Waals surface area contributed by atoms with Gasteiger partial charge in [0.2, 0.25) is 10.9 Å². The minimum Gasteiger partial charge on any atom is -0.507 e. The number of anilines is 2. The zero-order valence-corrected chi connectivity index (χ0v) is 41.8. The molecule has 1 saturated heterocycles. The number of hydrogen-bond donors (Lipinski definition) is 8. The average Bonchev–Trinajstić information content (AvgIpc) is 3.67. The molecule has 1 saturated carbocycles. The van der Waals surface area contributed by atoms with Gasteiger partial charge in [0.15, 0.2) is 16.7 Å². The molecule has 4 bridgehead atoms. The highest BCUT2D eigenvalue weighted by Crippen LogP contribution is 2.42. The number of carbonyl (C=O) groups excluding carboxylic acids is 2. The lowest BCUT2D eigenvalue weighted by molar-refractivity contribution is -0.155. The van der Waals surface area contributed by atoms with Gasteiger partial charge in [0.1, 0.15) is 34.5 Å². The second-order valence-corrected chi connectivity index (χ2v) is 19.9. The number of aliphatic hydroxyl groups excluding tert-OH is 2. The van der Waals surface area contributed by atoms with E-state index >= 15 is 4.79 Å². The highest BCUT2D eigenvalue weighted by Gasteiger charge is 2.44. The Morgan fingerprint density at radius 2 is 1.69 bits per heavy atom. The number of hydrogen-bond acceptors (Lipinski definition) is 19. The second kappa shape index (κ2) is 21.1. The number of nitrogens with one attached hydrogen (secondary N) is 2. The van der Waals surface area contributed by atoms with E-state index in [0.717, 1.165) is 19.6 Å². The van der Waals surface area contributed by atoms with E-state index in [1.54, 1.807) is 26.0 Å². The first kappa shape index (κ1) is 52.2. The lowest BCUT2D eigenvalue weighted by atomic mass is 9.84. The Bertz CT molecular complexity index is 3020. The van der Waals surface area contributed by atoms with Gasteiger partial charge in [0.25, 0.3) is 11.7 Å². The number of piperazine rings is 1. The molecule has 10 N–H and O–H groups in total. The molecule has 388 valence electrons. The molecule has 20 nitrogen and oxygen atoms in total. The molecule has 0 spiro atoms. The van der Waals surface area contributed by atoms with Crippen molar-refractivity contribution in [3.8, 4) is 11.5 Å². The van der Waals surface area contributed by atoms with E-state index in [1.807, 2.05) is 0 Å². The van der Waals surface area contributed by atoms with Crippen molar-refractivity contribution in [3.05, 3.63) is 79.5 Å². The Hall–Kier alpha value is -6.13.